The van der Waals surface area contributed by atoms with E-state index in [9.17, 15) is 0 Å². The molecule has 0 aliphatic rings. The predicted molar refractivity (Wildman–Crippen MR) is 68.6 cm³/mol. The molecule has 2 aromatic rings. The summed E-state index contributed by atoms with van der Waals surface area (Å²) in [5.74, 6) is 0.761. The number of methoxy groups -OCH3 is 1. The van der Waals surface area contributed by atoms with Gasteiger partial charge in [-0.2, -0.15) is 5.26 Å². The van der Waals surface area contributed by atoms with Crippen LogP contribution in [-0.4, -0.2) is 12.1 Å². The minimum Gasteiger partial charge on any atom is -0.496 e. The van der Waals surface area contributed by atoms with Gasteiger partial charge in [0.1, 0.15) is 16.4 Å². The van der Waals surface area contributed by atoms with Crippen molar-refractivity contribution in [2.75, 3.05) is 7.11 Å². The lowest BCUT2D eigenvalue weighted by Gasteiger charge is -2.07. The molecular formula is C13H9BrN2O. The number of benzene rings is 1. The first-order chi connectivity index (χ1) is 8.26. The van der Waals surface area contributed by atoms with Gasteiger partial charge in [-0.05, 0) is 40.2 Å². The van der Waals surface area contributed by atoms with E-state index in [1.807, 2.05) is 24.3 Å². The molecule has 0 fully saturated rings. The Kier molecular flexibility index (Phi) is 3.40. The first-order valence-corrected chi connectivity index (χ1v) is 5.75. The van der Waals surface area contributed by atoms with E-state index < -0.39 is 0 Å². The van der Waals surface area contributed by atoms with Crippen molar-refractivity contribution in [1.29, 1.82) is 5.26 Å². The molecule has 0 unspecified atom stereocenters. The topological polar surface area (TPSA) is 45.9 Å². The number of nitrogens with zero attached hydrogens (tertiary/aromatic N) is 2. The van der Waals surface area contributed by atoms with Gasteiger partial charge in [0, 0.05) is 5.56 Å². The summed E-state index contributed by atoms with van der Waals surface area (Å²) in [7, 11) is 1.62. The third-order valence-corrected chi connectivity index (χ3v) is 2.96. The highest BCUT2D eigenvalue weighted by atomic mass is 79.9. The maximum atomic E-state index is 8.84. The number of rotatable bonds is 2. The highest BCUT2D eigenvalue weighted by Gasteiger charge is 2.08. The Morgan fingerprint density at radius 3 is 2.65 bits per heavy atom. The molecule has 0 spiro atoms. The number of hydrogen-bond acceptors (Lipinski definition) is 3. The fraction of sp³-hybridized carbons (Fsp3) is 0.0769. The molecule has 1 heterocycles. The van der Waals surface area contributed by atoms with Crippen LogP contribution >= 0.6 is 15.9 Å². The molecule has 3 nitrogen and oxygen atoms in total. The lowest BCUT2D eigenvalue weighted by molar-refractivity contribution is 0.416. The SMILES string of the molecule is COc1ccccc1-c1ccc(C#N)c(Br)n1. The maximum absolute atomic E-state index is 8.84. The molecule has 84 valence electrons. The summed E-state index contributed by atoms with van der Waals surface area (Å²) in [4.78, 5) is 4.34. The molecule has 0 saturated carbocycles. The number of halogens is 1. The molecule has 2 rings (SSSR count). The van der Waals surface area contributed by atoms with Gasteiger partial charge in [0.25, 0.3) is 0 Å². The van der Waals surface area contributed by atoms with Gasteiger partial charge in [-0.15, -0.1) is 0 Å². The van der Waals surface area contributed by atoms with Gasteiger partial charge in [-0.1, -0.05) is 12.1 Å². The highest BCUT2D eigenvalue weighted by Crippen LogP contribution is 2.29. The van der Waals surface area contributed by atoms with Gasteiger partial charge in [0.15, 0.2) is 0 Å². The van der Waals surface area contributed by atoms with E-state index in [-0.39, 0.29) is 0 Å². The predicted octanol–water partition coefficient (Wildman–Crippen LogP) is 3.39. The zero-order chi connectivity index (χ0) is 12.3. The summed E-state index contributed by atoms with van der Waals surface area (Å²) in [6, 6.07) is 13.2. The minimum atomic E-state index is 0.517. The fourth-order valence-corrected chi connectivity index (χ4v) is 1.94. The van der Waals surface area contributed by atoms with Crippen LogP contribution in [0, 0.1) is 11.3 Å². The maximum Gasteiger partial charge on any atom is 0.128 e. The van der Waals surface area contributed by atoms with Crippen LogP contribution < -0.4 is 4.74 Å². The zero-order valence-electron chi connectivity index (χ0n) is 9.14. The van der Waals surface area contributed by atoms with Gasteiger partial charge in [0.05, 0.1) is 18.4 Å². The number of para-hydroxylation sites is 1. The second kappa shape index (κ2) is 4.98. The highest BCUT2D eigenvalue weighted by molar-refractivity contribution is 9.10. The van der Waals surface area contributed by atoms with E-state index in [0.29, 0.717) is 10.2 Å². The molecule has 0 bridgehead atoms. The molecule has 4 heteroatoms. The van der Waals surface area contributed by atoms with E-state index in [2.05, 4.69) is 27.0 Å². The summed E-state index contributed by atoms with van der Waals surface area (Å²) in [5.41, 5.74) is 2.19. The molecule has 0 radical (unpaired) electrons. The van der Waals surface area contributed by atoms with Crippen molar-refractivity contribution in [1.82, 2.24) is 4.98 Å². The van der Waals surface area contributed by atoms with E-state index in [4.69, 9.17) is 10.00 Å². The molecule has 1 aromatic carbocycles. The molecule has 0 saturated heterocycles. The molecule has 1 aromatic heterocycles. The Morgan fingerprint density at radius 2 is 2.00 bits per heavy atom. The Morgan fingerprint density at radius 1 is 1.24 bits per heavy atom. The van der Waals surface area contributed by atoms with Crippen molar-refractivity contribution < 1.29 is 4.74 Å². The van der Waals surface area contributed by atoms with E-state index in [1.54, 1.807) is 19.2 Å². The van der Waals surface area contributed by atoms with Gasteiger partial charge in [0.2, 0.25) is 0 Å². The summed E-state index contributed by atoms with van der Waals surface area (Å²) in [6.45, 7) is 0. The van der Waals surface area contributed by atoms with E-state index >= 15 is 0 Å². The summed E-state index contributed by atoms with van der Waals surface area (Å²) >= 11 is 3.28. The van der Waals surface area contributed by atoms with Gasteiger partial charge < -0.3 is 4.74 Å². The smallest absolute Gasteiger partial charge is 0.128 e. The zero-order valence-corrected chi connectivity index (χ0v) is 10.7. The standard InChI is InChI=1S/C13H9BrN2O/c1-17-12-5-3-2-4-10(12)11-7-6-9(8-15)13(14)16-11/h2-7H,1H3. The Hall–Kier alpha value is -1.86. The number of aromatic nitrogens is 1. The van der Waals surface area contributed by atoms with E-state index in [0.717, 1.165) is 17.0 Å². The van der Waals surface area contributed by atoms with Gasteiger partial charge >= 0.3 is 0 Å². The largest absolute Gasteiger partial charge is 0.496 e. The second-order valence-electron chi connectivity index (χ2n) is 3.35. The molecule has 0 aliphatic carbocycles. The second-order valence-corrected chi connectivity index (χ2v) is 4.10. The van der Waals surface area contributed by atoms with E-state index in [1.165, 1.54) is 0 Å². The van der Waals surface area contributed by atoms with Crippen molar-refractivity contribution in [3.8, 4) is 23.1 Å². The van der Waals surface area contributed by atoms with Crippen LogP contribution in [0.25, 0.3) is 11.3 Å². The Bertz CT molecular complexity index is 590. The lowest BCUT2D eigenvalue weighted by atomic mass is 10.1. The summed E-state index contributed by atoms with van der Waals surface area (Å²) < 4.78 is 5.82. The first-order valence-electron chi connectivity index (χ1n) is 4.96. The summed E-state index contributed by atoms with van der Waals surface area (Å²) in [5, 5.41) is 8.84. The molecule has 0 aliphatic heterocycles. The van der Waals surface area contributed by atoms with Crippen LogP contribution in [0.15, 0.2) is 41.0 Å². The van der Waals surface area contributed by atoms with Crippen molar-refractivity contribution in [2.45, 2.75) is 0 Å². The van der Waals surface area contributed by atoms with Gasteiger partial charge in [-0.3, -0.25) is 0 Å². The molecule has 0 amide bonds. The molecular weight excluding hydrogens is 280 g/mol. The summed E-state index contributed by atoms with van der Waals surface area (Å²) in [6.07, 6.45) is 0. The van der Waals surface area contributed by atoms with Crippen LogP contribution in [0.3, 0.4) is 0 Å². The normalized spacial score (nSPS) is 9.71. The monoisotopic (exact) mass is 288 g/mol. The average Bonchev–Trinajstić information content (AvgIpc) is 2.38. The van der Waals surface area contributed by atoms with Crippen molar-refractivity contribution in [3.63, 3.8) is 0 Å². The Labute approximate surface area is 108 Å². The van der Waals surface area contributed by atoms with Crippen molar-refractivity contribution in [3.05, 3.63) is 46.6 Å². The Balaban J connectivity index is 2.54. The van der Waals surface area contributed by atoms with Crippen molar-refractivity contribution in [2.24, 2.45) is 0 Å². The van der Waals surface area contributed by atoms with Crippen molar-refractivity contribution >= 4 is 15.9 Å². The number of hydrogen-bond donors (Lipinski definition) is 0. The average molecular weight is 289 g/mol. The molecule has 0 atom stereocenters. The minimum absolute atomic E-state index is 0.517. The third kappa shape index (κ3) is 2.29. The first kappa shape index (κ1) is 11.6. The van der Waals surface area contributed by atoms with Crippen LogP contribution in [0.2, 0.25) is 0 Å². The van der Waals surface area contributed by atoms with Crippen LogP contribution in [0.4, 0.5) is 0 Å². The third-order valence-electron chi connectivity index (χ3n) is 2.35. The van der Waals surface area contributed by atoms with Gasteiger partial charge in [-0.25, -0.2) is 4.98 Å². The quantitative estimate of drug-likeness (QED) is 0.796. The fourth-order valence-electron chi connectivity index (χ4n) is 1.52. The van der Waals surface area contributed by atoms with Crippen LogP contribution in [-0.2, 0) is 0 Å². The molecule has 17 heavy (non-hydrogen) atoms. The van der Waals surface area contributed by atoms with Crippen LogP contribution in [0.5, 0.6) is 5.75 Å². The number of ether oxygens (including phenoxy) is 1. The number of pyridine rings is 1. The van der Waals surface area contributed by atoms with Crippen LogP contribution in [0.1, 0.15) is 5.56 Å². The lowest BCUT2D eigenvalue weighted by Crippen LogP contribution is -1.91. The molecule has 0 N–H and O–H groups in total. The number of nitriles is 1.